The van der Waals surface area contributed by atoms with Crippen molar-refractivity contribution in [1.29, 1.82) is 0 Å². The number of carbonyl (C=O) groups is 11. The molecule has 2 rings (SSSR count). The van der Waals surface area contributed by atoms with Gasteiger partial charge in [-0.25, -0.2) is 0 Å². The predicted molar refractivity (Wildman–Crippen MR) is 330 cm³/mol. The standard InChI is InChI=1S/C60H100ClN13O13/c1-12-14-15-16-17-20-48(76)66-37(10)52(80)68-43(29-38-21-23-39(61)24-22-38)55(83)69-42(26-33(3)4)54(82)71-45(27-34(5)6)58(86)74-32-40(75)30-47(74)59(87)73(11)46(28-35(7)8)57(85)70-44(31-49(77)78)56(84)67-41(19-18-25-65-60(63)64)53(81)72-50(51(62)79)36(9)13-2/h21-24,33-37,40-47,50,75H,12-20,25-32H2,1-11H3,(H2,62,79)(H,66,76)(H,67,84)(H,68,80)(H,69,83)(H,70,85)(H,71,82)(H,72,81)(H,77,78)(H4,63,64,65)/t36-,37+,40+,41-,42+,43-,44-,45-,46-,47-,50-/m0/s1. The number of aliphatic carboxylic acids is 1. The number of carboxylic acid groups (broad SMARTS) is 1. The van der Waals surface area contributed by atoms with E-state index in [-0.39, 0.29) is 94.1 Å². The van der Waals surface area contributed by atoms with Gasteiger partial charge in [-0.3, -0.25) is 57.7 Å². The maximum atomic E-state index is 14.9. The first-order valence-corrected chi connectivity index (χ1v) is 30.9. The third-order valence-electron chi connectivity index (χ3n) is 15.0. The monoisotopic (exact) mass is 1250 g/mol. The number of hydrogen-bond donors (Lipinski definition) is 12. The first kappa shape index (κ1) is 76.0. The third kappa shape index (κ3) is 27.2. The van der Waals surface area contributed by atoms with Crippen molar-refractivity contribution in [2.45, 2.75) is 226 Å². The van der Waals surface area contributed by atoms with Gasteiger partial charge < -0.3 is 74.4 Å². The van der Waals surface area contributed by atoms with Gasteiger partial charge in [0.2, 0.25) is 59.1 Å². The van der Waals surface area contributed by atoms with E-state index in [4.69, 9.17) is 28.8 Å². The van der Waals surface area contributed by atoms with Crippen LogP contribution in [-0.4, -0.2) is 172 Å². The Labute approximate surface area is 517 Å². The number of carboxylic acids is 1. The Bertz CT molecular complexity index is 2500. The molecule has 1 heterocycles. The molecule has 10 amide bonds. The van der Waals surface area contributed by atoms with Crippen LogP contribution in [0.5, 0.6) is 0 Å². The van der Waals surface area contributed by atoms with E-state index in [0.29, 0.717) is 23.4 Å². The third-order valence-corrected chi connectivity index (χ3v) is 15.2. The number of guanidine groups is 1. The van der Waals surface area contributed by atoms with Gasteiger partial charge >= 0.3 is 5.97 Å². The summed E-state index contributed by atoms with van der Waals surface area (Å²) < 4.78 is 0. The number of rotatable bonds is 39. The number of likely N-dealkylation sites (N-methyl/N-ethyl adjacent to an activating group) is 1. The second kappa shape index (κ2) is 38.2. The van der Waals surface area contributed by atoms with E-state index in [1.165, 1.54) is 14.0 Å². The number of aliphatic hydroxyl groups is 1. The lowest BCUT2D eigenvalue weighted by Crippen LogP contribution is -2.61. The van der Waals surface area contributed by atoms with Crippen LogP contribution in [0.3, 0.4) is 0 Å². The number of carbonyl (C=O) groups excluding carboxylic acids is 10. The topological polar surface area (TPSA) is 409 Å². The van der Waals surface area contributed by atoms with Crippen molar-refractivity contribution in [2.75, 3.05) is 20.1 Å². The molecule has 26 nitrogen and oxygen atoms in total. The highest BCUT2D eigenvalue weighted by Gasteiger charge is 2.45. The van der Waals surface area contributed by atoms with E-state index in [9.17, 15) is 63.0 Å². The Morgan fingerprint density at radius 3 is 1.75 bits per heavy atom. The predicted octanol–water partition coefficient (Wildman–Crippen LogP) is 1.64. The number of primary amides is 1. The molecule has 27 heteroatoms. The summed E-state index contributed by atoms with van der Waals surface area (Å²) in [4.78, 5) is 158. The van der Waals surface area contributed by atoms with Crippen LogP contribution in [0.2, 0.25) is 5.02 Å². The Morgan fingerprint density at radius 1 is 0.655 bits per heavy atom. The fourth-order valence-corrected chi connectivity index (χ4v) is 10.1. The first-order chi connectivity index (χ1) is 40.8. The molecule has 1 aromatic rings. The average Bonchev–Trinajstić information content (AvgIpc) is 3.01. The molecular weight excluding hydrogens is 1150 g/mol. The molecule has 490 valence electrons. The van der Waals surface area contributed by atoms with E-state index < -0.39 is 132 Å². The summed E-state index contributed by atoms with van der Waals surface area (Å²) in [7, 11) is 1.29. The van der Waals surface area contributed by atoms with Crippen molar-refractivity contribution < 1.29 is 63.0 Å². The number of aliphatic hydroxyl groups excluding tert-OH is 1. The number of unbranched alkanes of at least 4 members (excludes halogenated alkanes) is 4. The van der Waals surface area contributed by atoms with Crippen LogP contribution < -0.4 is 54.4 Å². The number of hydrogen-bond acceptors (Lipinski definition) is 13. The van der Waals surface area contributed by atoms with Crippen molar-refractivity contribution in [2.24, 2.45) is 45.9 Å². The number of nitrogens with two attached hydrogens (primary N) is 3. The Morgan fingerprint density at radius 2 is 1.18 bits per heavy atom. The maximum absolute atomic E-state index is 14.9. The number of halogens is 1. The summed E-state index contributed by atoms with van der Waals surface area (Å²) in [6.45, 7) is 17.5. The quantitative estimate of drug-likeness (QED) is 0.0253. The van der Waals surface area contributed by atoms with Gasteiger partial charge in [0.25, 0.3) is 0 Å². The molecule has 0 unspecified atom stereocenters. The van der Waals surface area contributed by atoms with Crippen LogP contribution in [-0.2, 0) is 59.2 Å². The minimum absolute atomic E-state index is 0.0274. The van der Waals surface area contributed by atoms with E-state index in [1.54, 1.807) is 65.8 Å². The van der Waals surface area contributed by atoms with Crippen molar-refractivity contribution in [3.63, 3.8) is 0 Å². The van der Waals surface area contributed by atoms with E-state index in [2.05, 4.69) is 49.1 Å². The number of β-amino-alcohol motifs (C(OH)–C–C–N with tert-alkyl or cyclic N) is 1. The number of nitrogens with one attached hydrogen (secondary N) is 7. The zero-order chi connectivity index (χ0) is 65.8. The average molecular weight is 1250 g/mol. The van der Waals surface area contributed by atoms with Gasteiger partial charge in [-0.1, -0.05) is 118 Å². The van der Waals surface area contributed by atoms with Crippen LogP contribution in [0.25, 0.3) is 0 Å². The van der Waals surface area contributed by atoms with Gasteiger partial charge in [0.15, 0.2) is 5.96 Å². The second-order valence-corrected chi connectivity index (χ2v) is 24.6. The Kier molecular flexibility index (Phi) is 33.4. The second-order valence-electron chi connectivity index (χ2n) is 24.2. The van der Waals surface area contributed by atoms with Crippen LogP contribution in [0.1, 0.15) is 165 Å². The Hall–Kier alpha value is -7.09. The van der Waals surface area contributed by atoms with Crippen molar-refractivity contribution in [3.05, 3.63) is 34.9 Å². The molecule has 87 heavy (non-hydrogen) atoms. The van der Waals surface area contributed by atoms with Gasteiger partial charge in [-0.05, 0) is 86.8 Å². The summed E-state index contributed by atoms with van der Waals surface area (Å²) in [6.07, 6.45) is 2.95. The zero-order valence-corrected chi connectivity index (χ0v) is 53.5. The SMILES string of the molecule is CCCCCCCC(=O)N[C@H](C)C(=O)N[C@@H](Cc1ccc(Cl)cc1)C(=O)N[C@H](CC(C)C)C(=O)N[C@@H](CC(C)C)C(=O)N1C[C@H](O)C[C@H]1C(=O)N(C)[C@@H](CC(C)C)C(=O)N[C@@H](CC(=O)O)C(=O)N[C@@H](CCCN=C(N)N)C(=O)N[C@H](C(N)=O)[C@@H](C)CC. The molecule has 0 bridgehead atoms. The molecule has 1 aliphatic rings. The molecule has 1 fully saturated rings. The first-order valence-electron chi connectivity index (χ1n) is 30.5. The molecule has 1 saturated heterocycles. The van der Waals surface area contributed by atoms with Crippen LogP contribution in [0, 0.1) is 23.7 Å². The fourth-order valence-electron chi connectivity index (χ4n) is 10.0. The number of aliphatic imine (C=N–C) groups is 1. The lowest BCUT2D eigenvalue weighted by Gasteiger charge is -2.35. The van der Waals surface area contributed by atoms with Crippen molar-refractivity contribution in [3.8, 4) is 0 Å². The lowest BCUT2D eigenvalue weighted by molar-refractivity contribution is -0.149. The molecule has 0 saturated carbocycles. The summed E-state index contributed by atoms with van der Waals surface area (Å²) in [6, 6.07) is -5.33. The number of likely N-dealkylation sites (tertiary alicyclic amines) is 1. The molecule has 0 aromatic heterocycles. The molecule has 0 spiro atoms. The molecule has 1 aromatic carbocycles. The Balaban J connectivity index is 2.48. The molecular formula is C60H100ClN13O13. The van der Waals surface area contributed by atoms with Gasteiger partial charge in [-0.2, -0.15) is 0 Å². The summed E-state index contributed by atoms with van der Waals surface area (Å²) in [5.41, 5.74) is 17.1. The molecule has 1 aliphatic heterocycles. The van der Waals surface area contributed by atoms with Crippen LogP contribution in [0.4, 0.5) is 0 Å². The molecule has 0 radical (unpaired) electrons. The van der Waals surface area contributed by atoms with E-state index in [0.717, 1.165) is 35.5 Å². The number of amides is 10. The van der Waals surface area contributed by atoms with Gasteiger partial charge in [0, 0.05) is 44.4 Å². The highest BCUT2D eigenvalue weighted by atomic mass is 35.5. The summed E-state index contributed by atoms with van der Waals surface area (Å²) in [5.74, 6) is -10.5. The van der Waals surface area contributed by atoms with Gasteiger partial charge in [0.1, 0.15) is 54.4 Å². The lowest BCUT2D eigenvalue weighted by atomic mass is 9.97. The van der Waals surface area contributed by atoms with Crippen LogP contribution >= 0.6 is 11.6 Å². The minimum atomic E-state index is -1.82. The summed E-state index contributed by atoms with van der Waals surface area (Å²) in [5, 5.41) is 40.1. The van der Waals surface area contributed by atoms with Gasteiger partial charge in [-0.15, -0.1) is 0 Å². The highest BCUT2D eigenvalue weighted by Crippen LogP contribution is 2.25. The summed E-state index contributed by atoms with van der Waals surface area (Å²) >= 11 is 6.16. The molecule has 0 aliphatic carbocycles. The highest BCUT2D eigenvalue weighted by molar-refractivity contribution is 6.30. The number of nitrogens with zero attached hydrogens (tertiary/aromatic N) is 3. The van der Waals surface area contributed by atoms with E-state index >= 15 is 0 Å². The van der Waals surface area contributed by atoms with Crippen molar-refractivity contribution in [1.82, 2.24) is 47.0 Å². The number of benzene rings is 1. The normalized spacial score (nSPS) is 17.0. The maximum Gasteiger partial charge on any atom is 0.305 e. The largest absolute Gasteiger partial charge is 0.481 e. The van der Waals surface area contributed by atoms with Gasteiger partial charge in [0.05, 0.1) is 12.5 Å². The smallest absolute Gasteiger partial charge is 0.305 e. The van der Waals surface area contributed by atoms with E-state index in [1.807, 2.05) is 13.8 Å². The fraction of sp³-hybridized carbons (Fsp3) is 0.700. The zero-order valence-electron chi connectivity index (χ0n) is 52.7. The molecule has 15 N–H and O–H groups in total. The minimum Gasteiger partial charge on any atom is -0.481 e. The van der Waals surface area contributed by atoms with Crippen molar-refractivity contribution >= 4 is 82.6 Å². The molecule has 11 atom stereocenters. The van der Waals surface area contributed by atoms with Crippen LogP contribution in [0.15, 0.2) is 29.3 Å².